The Labute approximate surface area is 104 Å². The SMILES string of the molecule is COc1ccc2nc(C)cc(SC(N)N)c2c1. The van der Waals surface area contributed by atoms with Gasteiger partial charge in [-0.1, -0.05) is 11.8 Å². The van der Waals surface area contributed by atoms with Gasteiger partial charge in [0.25, 0.3) is 0 Å². The molecule has 2 aromatic rings. The standard InChI is InChI=1S/C12H15N3OS/c1-7-5-11(17-12(13)14)9-6-8(16-2)3-4-10(9)15-7/h3-6,12H,13-14H2,1-2H3. The van der Waals surface area contributed by atoms with Gasteiger partial charge in [-0.05, 0) is 31.2 Å². The Morgan fingerprint density at radius 1 is 1.29 bits per heavy atom. The van der Waals surface area contributed by atoms with Crippen molar-refractivity contribution in [3.63, 3.8) is 0 Å². The number of nitrogens with two attached hydrogens (primary N) is 2. The van der Waals surface area contributed by atoms with E-state index in [2.05, 4.69) is 4.98 Å². The maximum Gasteiger partial charge on any atom is 0.119 e. The van der Waals surface area contributed by atoms with Crippen LogP contribution in [0.2, 0.25) is 0 Å². The molecular formula is C12H15N3OS. The predicted octanol–water partition coefficient (Wildman–Crippen LogP) is 1.84. The van der Waals surface area contributed by atoms with E-state index in [1.54, 1.807) is 7.11 Å². The molecular weight excluding hydrogens is 234 g/mol. The first-order valence-electron chi connectivity index (χ1n) is 5.23. The van der Waals surface area contributed by atoms with Crippen LogP contribution in [0.15, 0.2) is 29.2 Å². The zero-order valence-corrected chi connectivity index (χ0v) is 10.6. The summed E-state index contributed by atoms with van der Waals surface area (Å²) >= 11 is 1.42. The van der Waals surface area contributed by atoms with Crippen LogP contribution >= 0.6 is 11.8 Å². The summed E-state index contributed by atoms with van der Waals surface area (Å²) in [6.45, 7) is 1.95. The fraction of sp³-hybridized carbons (Fsp3) is 0.250. The van der Waals surface area contributed by atoms with Crippen LogP contribution in [0.3, 0.4) is 0 Å². The Balaban J connectivity index is 2.61. The molecule has 17 heavy (non-hydrogen) atoms. The molecule has 1 aromatic carbocycles. The summed E-state index contributed by atoms with van der Waals surface area (Å²) in [5.74, 6) is 0.801. The van der Waals surface area contributed by atoms with Crippen LogP contribution in [0.5, 0.6) is 5.75 Å². The van der Waals surface area contributed by atoms with Gasteiger partial charge < -0.3 is 16.2 Å². The fourth-order valence-corrected chi connectivity index (χ4v) is 2.49. The lowest BCUT2D eigenvalue weighted by Crippen LogP contribution is -2.25. The normalized spacial score (nSPS) is 11.1. The highest BCUT2D eigenvalue weighted by Gasteiger charge is 2.08. The molecule has 2 rings (SSSR count). The number of hydrogen-bond donors (Lipinski definition) is 2. The van der Waals surface area contributed by atoms with Crippen molar-refractivity contribution in [1.29, 1.82) is 0 Å². The minimum atomic E-state index is -0.439. The average Bonchev–Trinajstić information content (AvgIpc) is 2.27. The minimum Gasteiger partial charge on any atom is -0.497 e. The largest absolute Gasteiger partial charge is 0.497 e. The molecule has 0 atom stereocenters. The van der Waals surface area contributed by atoms with E-state index in [-0.39, 0.29) is 0 Å². The Hall–Kier alpha value is -1.30. The van der Waals surface area contributed by atoms with E-state index in [9.17, 15) is 0 Å². The summed E-state index contributed by atoms with van der Waals surface area (Å²) in [4.78, 5) is 5.50. The number of fused-ring (bicyclic) bond motifs is 1. The molecule has 0 unspecified atom stereocenters. The molecule has 0 aliphatic rings. The Morgan fingerprint density at radius 2 is 2.06 bits per heavy atom. The monoisotopic (exact) mass is 249 g/mol. The lowest BCUT2D eigenvalue weighted by Gasteiger charge is -2.10. The first kappa shape index (κ1) is 12.2. The molecule has 0 aliphatic heterocycles. The van der Waals surface area contributed by atoms with Gasteiger partial charge in [0.05, 0.1) is 12.6 Å². The van der Waals surface area contributed by atoms with E-state index in [0.29, 0.717) is 0 Å². The molecule has 0 amide bonds. The molecule has 0 saturated carbocycles. The summed E-state index contributed by atoms with van der Waals surface area (Å²) in [6.07, 6.45) is 0. The molecule has 1 heterocycles. The Bertz CT molecular complexity index is 543. The van der Waals surface area contributed by atoms with Crippen molar-refractivity contribution in [2.45, 2.75) is 17.3 Å². The van der Waals surface area contributed by atoms with E-state index in [1.807, 2.05) is 31.2 Å². The molecule has 90 valence electrons. The van der Waals surface area contributed by atoms with Crippen molar-refractivity contribution >= 4 is 22.7 Å². The van der Waals surface area contributed by atoms with Gasteiger partial charge in [-0.15, -0.1) is 0 Å². The summed E-state index contributed by atoms with van der Waals surface area (Å²) in [6, 6.07) is 7.77. The molecule has 0 fully saturated rings. The fourth-order valence-electron chi connectivity index (χ4n) is 1.67. The van der Waals surface area contributed by atoms with Gasteiger partial charge in [0.2, 0.25) is 0 Å². The smallest absolute Gasteiger partial charge is 0.119 e. The number of hydrogen-bond acceptors (Lipinski definition) is 5. The Kier molecular flexibility index (Phi) is 3.51. The first-order valence-corrected chi connectivity index (χ1v) is 6.11. The van der Waals surface area contributed by atoms with Crippen molar-refractivity contribution in [3.8, 4) is 5.75 Å². The summed E-state index contributed by atoms with van der Waals surface area (Å²) in [5.41, 5.74) is 12.7. The van der Waals surface area contributed by atoms with Crippen LogP contribution in [0.4, 0.5) is 0 Å². The maximum absolute atomic E-state index is 5.63. The van der Waals surface area contributed by atoms with Gasteiger partial charge in [0.1, 0.15) is 11.2 Å². The van der Waals surface area contributed by atoms with Crippen LogP contribution in [-0.2, 0) is 0 Å². The molecule has 5 heteroatoms. The quantitative estimate of drug-likeness (QED) is 0.641. The third-order valence-electron chi connectivity index (χ3n) is 2.37. The molecule has 0 saturated heterocycles. The van der Waals surface area contributed by atoms with Gasteiger partial charge in [-0.3, -0.25) is 4.98 Å². The summed E-state index contributed by atoms with van der Waals surface area (Å²) < 4.78 is 5.21. The van der Waals surface area contributed by atoms with Crippen LogP contribution in [0, 0.1) is 6.92 Å². The van der Waals surface area contributed by atoms with E-state index in [0.717, 1.165) is 27.2 Å². The first-order chi connectivity index (χ1) is 8.10. The molecule has 0 spiro atoms. The van der Waals surface area contributed by atoms with Gasteiger partial charge in [-0.2, -0.15) is 0 Å². The lowest BCUT2D eigenvalue weighted by molar-refractivity contribution is 0.415. The van der Waals surface area contributed by atoms with Crippen molar-refractivity contribution in [2.24, 2.45) is 11.5 Å². The van der Waals surface area contributed by atoms with Gasteiger partial charge in [0.15, 0.2) is 0 Å². The molecule has 4 nitrogen and oxygen atoms in total. The second kappa shape index (κ2) is 4.91. The van der Waals surface area contributed by atoms with E-state index >= 15 is 0 Å². The number of aryl methyl sites for hydroxylation is 1. The predicted molar refractivity (Wildman–Crippen MR) is 71.1 cm³/mol. The second-order valence-electron chi connectivity index (χ2n) is 3.73. The zero-order valence-electron chi connectivity index (χ0n) is 9.81. The summed E-state index contributed by atoms with van der Waals surface area (Å²) in [5, 5.41) is 1.01. The zero-order chi connectivity index (χ0) is 12.4. The molecule has 1 aromatic heterocycles. The third kappa shape index (κ3) is 2.69. The second-order valence-corrected chi connectivity index (χ2v) is 4.95. The number of pyridine rings is 1. The lowest BCUT2D eigenvalue weighted by atomic mass is 10.2. The van der Waals surface area contributed by atoms with Crippen LogP contribution in [0.25, 0.3) is 10.9 Å². The van der Waals surface area contributed by atoms with Gasteiger partial charge >= 0.3 is 0 Å². The van der Waals surface area contributed by atoms with Crippen LogP contribution in [-0.4, -0.2) is 17.6 Å². The maximum atomic E-state index is 5.63. The van der Waals surface area contributed by atoms with Gasteiger partial charge in [-0.25, -0.2) is 0 Å². The van der Waals surface area contributed by atoms with E-state index in [1.165, 1.54) is 11.8 Å². The highest BCUT2D eigenvalue weighted by Crippen LogP contribution is 2.30. The number of aromatic nitrogens is 1. The van der Waals surface area contributed by atoms with E-state index in [4.69, 9.17) is 16.2 Å². The molecule has 4 N–H and O–H groups in total. The highest BCUT2D eigenvalue weighted by molar-refractivity contribution is 8.00. The number of ether oxygens (including phenoxy) is 1. The average molecular weight is 249 g/mol. The number of thioether (sulfide) groups is 1. The number of rotatable bonds is 3. The highest BCUT2D eigenvalue weighted by atomic mass is 32.2. The molecule has 0 radical (unpaired) electrons. The molecule has 0 bridgehead atoms. The molecule has 0 aliphatic carbocycles. The third-order valence-corrected chi connectivity index (χ3v) is 3.23. The van der Waals surface area contributed by atoms with E-state index < -0.39 is 5.50 Å². The Morgan fingerprint density at radius 3 is 2.71 bits per heavy atom. The van der Waals surface area contributed by atoms with Gasteiger partial charge in [0, 0.05) is 16.0 Å². The topological polar surface area (TPSA) is 74.2 Å². The van der Waals surface area contributed by atoms with Crippen molar-refractivity contribution in [1.82, 2.24) is 4.98 Å². The van der Waals surface area contributed by atoms with Crippen LogP contribution in [0.1, 0.15) is 5.69 Å². The minimum absolute atomic E-state index is 0.439. The van der Waals surface area contributed by atoms with Crippen molar-refractivity contribution < 1.29 is 4.74 Å². The van der Waals surface area contributed by atoms with Crippen molar-refractivity contribution in [3.05, 3.63) is 30.0 Å². The number of benzene rings is 1. The van der Waals surface area contributed by atoms with Crippen molar-refractivity contribution in [2.75, 3.05) is 7.11 Å². The summed E-state index contributed by atoms with van der Waals surface area (Å²) in [7, 11) is 1.64. The number of nitrogens with zero attached hydrogens (tertiary/aromatic N) is 1. The number of methoxy groups -OCH3 is 1. The van der Waals surface area contributed by atoms with Crippen LogP contribution < -0.4 is 16.2 Å².